The number of hydrogen-bond acceptors (Lipinski definition) is 4. The van der Waals surface area contributed by atoms with Crippen molar-refractivity contribution in [3.63, 3.8) is 0 Å². The molecule has 178 valence electrons. The summed E-state index contributed by atoms with van der Waals surface area (Å²) < 4.78 is 18.1. The number of amides is 2. The Bertz CT molecular complexity index is 974. The monoisotopic (exact) mass is 457 g/mol. The molecule has 1 fully saturated rings. The Morgan fingerprint density at radius 2 is 1.88 bits per heavy atom. The first-order valence-corrected chi connectivity index (χ1v) is 11.4. The second-order valence-electron chi connectivity index (χ2n) is 8.70. The van der Waals surface area contributed by atoms with Crippen molar-refractivity contribution in [1.82, 2.24) is 4.98 Å². The van der Waals surface area contributed by atoms with Crippen molar-refractivity contribution in [2.75, 3.05) is 23.5 Å². The lowest BCUT2D eigenvalue weighted by atomic mass is 9.85. The third-order valence-electron chi connectivity index (χ3n) is 6.01. The number of anilines is 2. The number of pyridine rings is 1. The number of hydrogen-bond donors (Lipinski definition) is 2. The van der Waals surface area contributed by atoms with Crippen LogP contribution in [0.4, 0.5) is 20.6 Å². The van der Waals surface area contributed by atoms with E-state index in [1.165, 1.54) is 0 Å². The van der Waals surface area contributed by atoms with Gasteiger partial charge in [-0.2, -0.15) is 0 Å². The number of carboxylic acids is 1. The molecule has 7 nitrogen and oxygen atoms in total. The Balaban J connectivity index is 1.94. The predicted molar refractivity (Wildman–Crippen MR) is 126 cm³/mol. The minimum atomic E-state index is -0.785. The van der Waals surface area contributed by atoms with Crippen LogP contribution in [0.2, 0.25) is 0 Å². The van der Waals surface area contributed by atoms with Crippen LogP contribution < -0.4 is 15.0 Å². The molecule has 0 radical (unpaired) electrons. The maximum absolute atomic E-state index is 13.7. The van der Waals surface area contributed by atoms with E-state index in [1.54, 1.807) is 24.0 Å². The molecule has 0 spiro atoms. The van der Waals surface area contributed by atoms with E-state index < -0.39 is 12.6 Å². The fraction of sp³-hybridized carbons (Fsp3) is 0.480. The zero-order valence-electron chi connectivity index (χ0n) is 19.4. The molecule has 0 aliphatic heterocycles. The largest absolute Gasteiger partial charge is 0.481 e. The third kappa shape index (κ3) is 6.00. The topological polar surface area (TPSA) is 91.8 Å². The number of aliphatic carboxylic acids is 1. The predicted octanol–water partition coefficient (Wildman–Crippen LogP) is 5.54. The van der Waals surface area contributed by atoms with Crippen molar-refractivity contribution >= 4 is 23.4 Å². The van der Waals surface area contributed by atoms with Gasteiger partial charge in [0.2, 0.25) is 5.88 Å². The number of carbonyl (C=O) groups excluding carboxylic acids is 1. The second kappa shape index (κ2) is 11.1. The third-order valence-corrected chi connectivity index (χ3v) is 6.01. The van der Waals surface area contributed by atoms with Crippen LogP contribution in [0.25, 0.3) is 0 Å². The molecule has 1 heterocycles. The molecule has 0 unspecified atom stereocenters. The number of nitrogens with one attached hydrogen (secondary N) is 1. The number of nitrogens with zero attached hydrogens (tertiary/aromatic N) is 2. The highest BCUT2D eigenvalue weighted by molar-refractivity contribution is 6.03. The number of aryl methyl sites for hydroxylation is 1. The summed E-state index contributed by atoms with van der Waals surface area (Å²) in [7, 11) is 0. The average molecular weight is 458 g/mol. The molecule has 0 atom stereocenters. The quantitative estimate of drug-likeness (QED) is 0.543. The SMILES string of the molecule is Cc1ccc(NC(=O)N(c2ccccc2C(C)C)[C@H]2CC[C@H](C(=O)O)CC2)c(OCCF)n1. The molecule has 8 heteroatoms. The molecule has 1 aromatic carbocycles. The minimum absolute atomic E-state index is 0.144. The van der Waals surface area contributed by atoms with Crippen molar-refractivity contribution < 1.29 is 23.8 Å². The Kier molecular flexibility index (Phi) is 8.25. The first kappa shape index (κ1) is 24.5. The Morgan fingerprint density at radius 1 is 1.18 bits per heavy atom. The fourth-order valence-corrected chi connectivity index (χ4v) is 4.30. The van der Waals surface area contributed by atoms with Gasteiger partial charge in [-0.15, -0.1) is 0 Å². The van der Waals surface area contributed by atoms with Crippen molar-refractivity contribution in [2.24, 2.45) is 5.92 Å². The molecule has 2 amide bonds. The number of alkyl halides is 1. The molecule has 1 saturated carbocycles. The van der Waals surface area contributed by atoms with Gasteiger partial charge in [0.15, 0.2) is 0 Å². The standard InChI is InChI=1S/C25H32FN3O4/c1-16(2)20-6-4-5-7-22(20)29(19-11-9-18(10-12-19)24(30)31)25(32)28-21-13-8-17(3)27-23(21)33-15-14-26/h4-8,13,16,18-19H,9-12,14-15H2,1-3H3,(H,28,32)(H,30,31)/t18-,19-. The van der Waals surface area contributed by atoms with Crippen LogP contribution in [0.3, 0.4) is 0 Å². The number of aromatic nitrogens is 1. The number of para-hydroxylation sites is 1. The van der Waals surface area contributed by atoms with Crippen molar-refractivity contribution in [3.05, 3.63) is 47.7 Å². The Morgan fingerprint density at radius 3 is 2.52 bits per heavy atom. The van der Waals surface area contributed by atoms with Crippen LogP contribution in [-0.4, -0.2) is 41.4 Å². The fourth-order valence-electron chi connectivity index (χ4n) is 4.30. The van der Waals surface area contributed by atoms with Crippen LogP contribution in [0.15, 0.2) is 36.4 Å². The van der Waals surface area contributed by atoms with E-state index in [4.69, 9.17) is 4.74 Å². The number of benzene rings is 1. The molecule has 33 heavy (non-hydrogen) atoms. The Labute approximate surface area is 194 Å². The number of halogens is 1. The van der Waals surface area contributed by atoms with Gasteiger partial charge in [-0.3, -0.25) is 9.69 Å². The molecule has 1 aliphatic carbocycles. The van der Waals surface area contributed by atoms with Gasteiger partial charge in [0.05, 0.1) is 5.92 Å². The summed E-state index contributed by atoms with van der Waals surface area (Å²) >= 11 is 0. The van der Waals surface area contributed by atoms with Crippen LogP contribution >= 0.6 is 0 Å². The summed E-state index contributed by atoms with van der Waals surface area (Å²) in [5, 5.41) is 12.3. The van der Waals surface area contributed by atoms with Gasteiger partial charge in [0, 0.05) is 17.4 Å². The smallest absolute Gasteiger partial charge is 0.326 e. The van der Waals surface area contributed by atoms with E-state index in [1.807, 2.05) is 24.3 Å². The lowest BCUT2D eigenvalue weighted by molar-refractivity contribution is -0.142. The lowest BCUT2D eigenvalue weighted by Crippen LogP contribution is -2.46. The van der Waals surface area contributed by atoms with Crippen LogP contribution in [0.5, 0.6) is 5.88 Å². The van der Waals surface area contributed by atoms with Crippen LogP contribution in [0.1, 0.15) is 56.7 Å². The van der Waals surface area contributed by atoms with Crippen LogP contribution in [0, 0.1) is 12.8 Å². The highest BCUT2D eigenvalue weighted by Gasteiger charge is 2.34. The molecule has 1 aliphatic rings. The zero-order chi connectivity index (χ0) is 24.0. The summed E-state index contributed by atoms with van der Waals surface area (Å²) in [6.07, 6.45) is 2.22. The van der Waals surface area contributed by atoms with E-state index >= 15 is 0 Å². The summed E-state index contributed by atoms with van der Waals surface area (Å²) in [5.41, 5.74) is 2.89. The zero-order valence-corrected chi connectivity index (χ0v) is 19.4. The maximum atomic E-state index is 13.7. The molecule has 0 bridgehead atoms. The van der Waals surface area contributed by atoms with Gasteiger partial charge in [0.1, 0.15) is 19.0 Å². The molecule has 1 aromatic heterocycles. The van der Waals surface area contributed by atoms with Gasteiger partial charge in [-0.25, -0.2) is 14.2 Å². The highest BCUT2D eigenvalue weighted by atomic mass is 19.1. The number of rotatable bonds is 8. The van der Waals surface area contributed by atoms with E-state index in [2.05, 4.69) is 24.1 Å². The summed E-state index contributed by atoms with van der Waals surface area (Å²) in [6.45, 7) is 5.12. The molecule has 0 saturated heterocycles. The lowest BCUT2D eigenvalue weighted by Gasteiger charge is -2.37. The van der Waals surface area contributed by atoms with Crippen molar-refractivity contribution in [2.45, 2.75) is 58.4 Å². The Hall–Kier alpha value is -3.16. The molecular formula is C25H32FN3O4. The van der Waals surface area contributed by atoms with E-state index in [-0.39, 0.29) is 36.4 Å². The summed E-state index contributed by atoms with van der Waals surface area (Å²) in [5.74, 6) is -0.801. The van der Waals surface area contributed by atoms with Gasteiger partial charge in [-0.1, -0.05) is 32.0 Å². The van der Waals surface area contributed by atoms with Crippen molar-refractivity contribution in [1.29, 1.82) is 0 Å². The highest BCUT2D eigenvalue weighted by Crippen LogP contribution is 2.35. The average Bonchev–Trinajstić information content (AvgIpc) is 2.80. The van der Waals surface area contributed by atoms with Gasteiger partial charge < -0.3 is 15.2 Å². The first-order valence-electron chi connectivity index (χ1n) is 11.4. The van der Waals surface area contributed by atoms with E-state index in [0.717, 1.165) is 11.3 Å². The van der Waals surface area contributed by atoms with Gasteiger partial charge in [-0.05, 0) is 62.3 Å². The number of carboxylic acid groups (broad SMARTS) is 1. The van der Waals surface area contributed by atoms with Crippen LogP contribution in [-0.2, 0) is 4.79 Å². The molecule has 2 N–H and O–H groups in total. The minimum Gasteiger partial charge on any atom is -0.481 e. The molecular weight excluding hydrogens is 425 g/mol. The molecule has 3 rings (SSSR count). The summed E-state index contributed by atoms with van der Waals surface area (Å²) in [4.78, 5) is 31.1. The van der Waals surface area contributed by atoms with Gasteiger partial charge in [0.25, 0.3) is 0 Å². The number of ether oxygens (including phenoxy) is 1. The number of carbonyl (C=O) groups is 2. The van der Waals surface area contributed by atoms with E-state index in [9.17, 15) is 19.1 Å². The second-order valence-corrected chi connectivity index (χ2v) is 8.70. The number of urea groups is 1. The van der Waals surface area contributed by atoms with Crippen molar-refractivity contribution in [3.8, 4) is 5.88 Å². The summed E-state index contributed by atoms with van der Waals surface area (Å²) in [6, 6.07) is 10.7. The first-order chi connectivity index (χ1) is 15.8. The maximum Gasteiger partial charge on any atom is 0.326 e. The van der Waals surface area contributed by atoms with E-state index in [0.29, 0.717) is 37.1 Å². The normalized spacial score (nSPS) is 18.1. The molecule has 2 aromatic rings. The van der Waals surface area contributed by atoms with Gasteiger partial charge >= 0.3 is 12.0 Å².